The first-order valence-electron chi connectivity index (χ1n) is 12.9. The lowest BCUT2D eigenvalue weighted by molar-refractivity contribution is 0.133. The van der Waals surface area contributed by atoms with Gasteiger partial charge >= 0.3 is 0 Å². The Balaban J connectivity index is 0.00000124. The largest absolute Gasteiger partial charge is 0.489 e. The Morgan fingerprint density at radius 3 is 2.60 bits per heavy atom. The van der Waals surface area contributed by atoms with Crippen LogP contribution < -0.4 is 10.3 Å². The van der Waals surface area contributed by atoms with Gasteiger partial charge in [-0.3, -0.25) is 14.3 Å². The fourth-order valence-corrected chi connectivity index (χ4v) is 5.69. The number of piperidine rings is 1. The number of benzene rings is 2. The molecule has 1 fully saturated rings. The van der Waals surface area contributed by atoms with E-state index in [2.05, 4.69) is 34.7 Å². The van der Waals surface area contributed by atoms with E-state index in [9.17, 15) is 4.79 Å². The summed E-state index contributed by atoms with van der Waals surface area (Å²) in [6.45, 7) is 6.82. The van der Waals surface area contributed by atoms with Crippen LogP contribution in [-0.2, 0) is 20.1 Å². The second-order valence-corrected chi connectivity index (χ2v) is 9.27. The molecule has 2 aromatic heterocycles. The zero-order chi connectivity index (χ0) is 24.4. The van der Waals surface area contributed by atoms with Gasteiger partial charge in [0.1, 0.15) is 12.4 Å². The molecule has 0 amide bonds. The minimum absolute atomic E-state index is 0.0858. The quantitative estimate of drug-likeness (QED) is 0.367. The molecule has 5 nitrogen and oxygen atoms in total. The van der Waals surface area contributed by atoms with Crippen LogP contribution in [-0.4, -0.2) is 27.1 Å². The normalized spacial score (nSPS) is 17.3. The van der Waals surface area contributed by atoms with Gasteiger partial charge in [-0.2, -0.15) is 0 Å². The zero-order valence-electron chi connectivity index (χ0n) is 21.0. The molecule has 1 saturated heterocycles. The first kappa shape index (κ1) is 23.4. The summed E-state index contributed by atoms with van der Waals surface area (Å²) in [5.41, 5.74) is 6.07. The van der Waals surface area contributed by atoms with Crippen molar-refractivity contribution >= 4 is 10.9 Å². The molecular formula is C30H35N3O2. The van der Waals surface area contributed by atoms with E-state index in [1.165, 1.54) is 48.0 Å². The maximum atomic E-state index is 12.9. The monoisotopic (exact) mass is 469 g/mol. The van der Waals surface area contributed by atoms with Crippen LogP contribution >= 0.6 is 0 Å². The number of fused-ring (bicyclic) bond motifs is 5. The van der Waals surface area contributed by atoms with E-state index < -0.39 is 0 Å². The van der Waals surface area contributed by atoms with E-state index >= 15 is 0 Å². The number of aromatic nitrogens is 2. The number of pyridine rings is 1. The predicted molar refractivity (Wildman–Crippen MR) is 143 cm³/mol. The Morgan fingerprint density at radius 2 is 1.80 bits per heavy atom. The molecule has 0 spiro atoms. The van der Waals surface area contributed by atoms with Crippen LogP contribution in [0.15, 0.2) is 71.7 Å². The van der Waals surface area contributed by atoms with Crippen LogP contribution in [0.4, 0.5) is 0 Å². The maximum absolute atomic E-state index is 12.9. The highest BCUT2D eigenvalue weighted by Crippen LogP contribution is 2.41. The van der Waals surface area contributed by atoms with Gasteiger partial charge < -0.3 is 9.30 Å². The Hall–Kier alpha value is -3.31. The Labute approximate surface area is 207 Å². The molecule has 0 radical (unpaired) electrons. The molecule has 2 aliphatic heterocycles. The van der Waals surface area contributed by atoms with Crippen molar-refractivity contribution < 1.29 is 4.74 Å². The summed E-state index contributed by atoms with van der Waals surface area (Å²) in [5.74, 6) is 0.591. The molecule has 1 unspecified atom stereocenters. The number of hydrogen-bond donors (Lipinski definition) is 0. The lowest BCUT2D eigenvalue weighted by Gasteiger charge is -2.40. The van der Waals surface area contributed by atoms with Crippen molar-refractivity contribution in [2.24, 2.45) is 7.05 Å². The van der Waals surface area contributed by atoms with Crippen LogP contribution in [0.3, 0.4) is 0 Å². The van der Waals surface area contributed by atoms with Gasteiger partial charge in [0.05, 0.1) is 17.2 Å². The minimum atomic E-state index is -0.0858. The SMILES string of the molecule is CC.Cn1c2c(c3ccc(-n4ccc(OCc5ccccc5)cc4=O)cc31)CCN1CCCCC21. The van der Waals surface area contributed by atoms with E-state index in [0.717, 1.165) is 24.2 Å². The van der Waals surface area contributed by atoms with Crippen molar-refractivity contribution in [2.75, 3.05) is 13.1 Å². The molecule has 0 aliphatic carbocycles. The van der Waals surface area contributed by atoms with Gasteiger partial charge in [0.2, 0.25) is 0 Å². The van der Waals surface area contributed by atoms with Gasteiger partial charge in [0.15, 0.2) is 0 Å². The van der Waals surface area contributed by atoms with Crippen molar-refractivity contribution in [1.29, 1.82) is 0 Å². The maximum Gasteiger partial charge on any atom is 0.258 e. The summed E-state index contributed by atoms with van der Waals surface area (Å²) in [6.07, 6.45) is 6.79. The zero-order valence-corrected chi connectivity index (χ0v) is 21.0. The van der Waals surface area contributed by atoms with Crippen molar-refractivity contribution in [3.05, 3.63) is 94.0 Å². The Kier molecular flexibility index (Phi) is 6.78. The Bertz CT molecular complexity index is 1370. The van der Waals surface area contributed by atoms with E-state index in [1.54, 1.807) is 10.6 Å². The summed E-state index contributed by atoms with van der Waals surface area (Å²) in [4.78, 5) is 15.6. The molecular weight excluding hydrogens is 434 g/mol. The number of rotatable bonds is 4. The van der Waals surface area contributed by atoms with Crippen molar-refractivity contribution in [3.8, 4) is 11.4 Å². The molecule has 1 atom stereocenters. The van der Waals surface area contributed by atoms with Crippen molar-refractivity contribution in [2.45, 2.75) is 52.2 Å². The van der Waals surface area contributed by atoms with Gasteiger partial charge in [-0.1, -0.05) is 56.7 Å². The highest BCUT2D eigenvalue weighted by molar-refractivity contribution is 5.87. The number of nitrogens with zero attached hydrogens (tertiary/aromatic N) is 3. The molecule has 182 valence electrons. The lowest BCUT2D eigenvalue weighted by Crippen LogP contribution is -2.39. The van der Waals surface area contributed by atoms with Gasteiger partial charge in [-0.25, -0.2) is 0 Å². The summed E-state index contributed by atoms with van der Waals surface area (Å²) < 4.78 is 9.91. The van der Waals surface area contributed by atoms with Crippen LogP contribution in [0.2, 0.25) is 0 Å². The average molecular weight is 470 g/mol. The molecule has 5 heteroatoms. The van der Waals surface area contributed by atoms with Gasteiger partial charge in [-0.15, -0.1) is 0 Å². The number of aryl methyl sites for hydroxylation is 1. The fourth-order valence-electron chi connectivity index (χ4n) is 5.69. The first-order valence-corrected chi connectivity index (χ1v) is 12.9. The molecule has 4 heterocycles. The first-order chi connectivity index (χ1) is 17.2. The summed E-state index contributed by atoms with van der Waals surface area (Å²) in [6, 6.07) is 20.4. The van der Waals surface area contributed by atoms with Gasteiger partial charge in [-0.05, 0) is 55.1 Å². The average Bonchev–Trinajstić information content (AvgIpc) is 3.21. The third-order valence-corrected chi connectivity index (χ3v) is 7.33. The molecule has 6 rings (SSSR count). The Morgan fingerprint density at radius 1 is 0.971 bits per heavy atom. The molecule has 0 N–H and O–H groups in total. The third kappa shape index (κ3) is 4.41. The number of hydrogen-bond acceptors (Lipinski definition) is 3. The molecule has 0 bridgehead atoms. The van der Waals surface area contributed by atoms with Crippen molar-refractivity contribution in [1.82, 2.24) is 14.0 Å². The van der Waals surface area contributed by atoms with E-state index in [0.29, 0.717) is 18.4 Å². The molecule has 2 aromatic carbocycles. The summed E-state index contributed by atoms with van der Waals surface area (Å²) >= 11 is 0. The van der Waals surface area contributed by atoms with Crippen LogP contribution in [0.5, 0.6) is 5.75 Å². The standard InChI is InChI=1S/C28H29N3O2.C2H6/c1-29-26-17-21(10-11-23(26)24-13-15-30-14-6-5-9-25(30)28(24)29)31-16-12-22(18-27(31)32)33-19-20-7-3-2-4-8-20;1-2/h2-4,7-8,10-12,16-18,25H,5-6,9,13-15,19H2,1H3;1-2H3. The van der Waals surface area contributed by atoms with E-state index in [1.807, 2.05) is 56.4 Å². The third-order valence-electron chi connectivity index (χ3n) is 7.33. The van der Waals surface area contributed by atoms with E-state index in [-0.39, 0.29) is 5.56 Å². The fraction of sp³-hybridized carbons (Fsp3) is 0.367. The smallest absolute Gasteiger partial charge is 0.258 e. The van der Waals surface area contributed by atoms with Crippen molar-refractivity contribution in [3.63, 3.8) is 0 Å². The lowest BCUT2D eigenvalue weighted by atomic mass is 9.91. The second kappa shape index (κ2) is 10.1. The predicted octanol–water partition coefficient (Wildman–Crippen LogP) is 6.02. The molecule has 35 heavy (non-hydrogen) atoms. The molecule has 0 saturated carbocycles. The van der Waals surface area contributed by atoms with Crippen LogP contribution in [0.1, 0.15) is 56.0 Å². The number of ether oxygens (including phenoxy) is 1. The van der Waals surface area contributed by atoms with Gasteiger partial charge in [0, 0.05) is 36.9 Å². The minimum Gasteiger partial charge on any atom is -0.489 e. The topological polar surface area (TPSA) is 39.4 Å². The molecule has 4 aromatic rings. The summed E-state index contributed by atoms with van der Waals surface area (Å²) in [5, 5.41) is 1.33. The highest BCUT2D eigenvalue weighted by Gasteiger charge is 2.33. The molecule has 2 aliphatic rings. The van der Waals surface area contributed by atoms with Crippen LogP contribution in [0.25, 0.3) is 16.6 Å². The summed E-state index contributed by atoms with van der Waals surface area (Å²) in [7, 11) is 2.19. The van der Waals surface area contributed by atoms with E-state index in [4.69, 9.17) is 4.74 Å². The highest BCUT2D eigenvalue weighted by atomic mass is 16.5. The van der Waals surface area contributed by atoms with Gasteiger partial charge in [0.25, 0.3) is 5.56 Å². The second-order valence-electron chi connectivity index (χ2n) is 9.27. The van der Waals surface area contributed by atoms with Crippen LogP contribution in [0, 0.1) is 0 Å².